The third-order valence-electron chi connectivity index (χ3n) is 5.66. The third-order valence-corrected chi connectivity index (χ3v) is 5.66. The van der Waals surface area contributed by atoms with Crippen molar-refractivity contribution in [1.82, 2.24) is 10.2 Å². The molecule has 1 aliphatic carbocycles. The van der Waals surface area contributed by atoms with Gasteiger partial charge in [0.1, 0.15) is 0 Å². The summed E-state index contributed by atoms with van der Waals surface area (Å²) < 4.78 is 0. The second-order valence-electron chi connectivity index (χ2n) is 7.29. The van der Waals surface area contributed by atoms with E-state index in [1.54, 1.807) is 0 Å². The summed E-state index contributed by atoms with van der Waals surface area (Å²) in [6.07, 6.45) is 2.11. The number of hydrogen-bond donors (Lipinski definition) is 2. The first-order chi connectivity index (χ1) is 8.80. The van der Waals surface area contributed by atoms with E-state index in [2.05, 4.69) is 37.9 Å². The molecule has 19 heavy (non-hydrogen) atoms. The summed E-state index contributed by atoms with van der Waals surface area (Å²) >= 11 is 0. The Morgan fingerprint density at radius 2 is 1.74 bits per heavy atom. The zero-order valence-corrected chi connectivity index (χ0v) is 12.8. The lowest BCUT2D eigenvalue weighted by Gasteiger charge is -2.32. The summed E-state index contributed by atoms with van der Waals surface area (Å²) in [6, 6.07) is 0.355. The first-order valence-corrected chi connectivity index (χ1v) is 7.53. The maximum atomic E-state index is 12.4. The van der Waals surface area contributed by atoms with E-state index in [1.165, 1.54) is 0 Å². The fourth-order valence-corrected chi connectivity index (χ4v) is 3.62. The zero-order chi connectivity index (χ0) is 14.3. The molecule has 1 aliphatic heterocycles. The maximum absolute atomic E-state index is 12.4. The first kappa shape index (κ1) is 14.8. The van der Waals surface area contributed by atoms with Crippen molar-refractivity contribution in [1.29, 1.82) is 0 Å². The van der Waals surface area contributed by atoms with Crippen LogP contribution in [0.3, 0.4) is 0 Å². The highest BCUT2D eigenvalue weighted by atomic mass is 16.2. The van der Waals surface area contributed by atoms with Crippen LogP contribution in [-0.4, -0.2) is 43.0 Å². The van der Waals surface area contributed by atoms with E-state index >= 15 is 0 Å². The highest BCUT2D eigenvalue weighted by Crippen LogP contribution is 2.68. The largest absolute Gasteiger partial charge is 0.353 e. The molecule has 2 aliphatic rings. The molecule has 0 atom stereocenters. The number of amides is 1. The molecular weight excluding hydrogens is 238 g/mol. The van der Waals surface area contributed by atoms with Crippen molar-refractivity contribution >= 4 is 5.91 Å². The highest BCUT2D eigenvalue weighted by molar-refractivity contribution is 5.84. The van der Waals surface area contributed by atoms with Crippen LogP contribution in [0.2, 0.25) is 0 Å². The number of carbonyl (C=O) groups excluding carboxylic acids is 1. The molecular formula is C15H29N3O. The van der Waals surface area contributed by atoms with Gasteiger partial charge in [0, 0.05) is 38.1 Å². The molecule has 4 heteroatoms. The number of nitrogens with one attached hydrogen (secondary N) is 1. The molecule has 0 aromatic carbocycles. The van der Waals surface area contributed by atoms with Crippen molar-refractivity contribution in [2.75, 3.05) is 26.2 Å². The topological polar surface area (TPSA) is 58.4 Å². The van der Waals surface area contributed by atoms with Crippen LogP contribution in [0.25, 0.3) is 0 Å². The monoisotopic (exact) mass is 267 g/mol. The van der Waals surface area contributed by atoms with Crippen LogP contribution in [0.1, 0.15) is 40.5 Å². The quantitative estimate of drug-likeness (QED) is 0.805. The Labute approximate surface area is 117 Å². The summed E-state index contributed by atoms with van der Waals surface area (Å²) in [6.45, 7) is 12.6. The molecule has 0 aromatic heterocycles. The number of rotatable bonds is 4. The van der Waals surface area contributed by atoms with Gasteiger partial charge in [-0.1, -0.05) is 27.7 Å². The Balaban J connectivity index is 1.79. The van der Waals surface area contributed by atoms with Gasteiger partial charge in [0.2, 0.25) is 5.91 Å². The molecule has 0 unspecified atom stereocenters. The van der Waals surface area contributed by atoms with Gasteiger partial charge in [-0.2, -0.15) is 0 Å². The number of nitrogens with two attached hydrogens (primary N) is 1. The molecule has 4 nitrogen and oxygen atoms in total. The van der Waals surface area contributed by atoms with Gasteiger partial charge in [-0.25, -0.2) is 0 Å². The highest BCUT2D eigenvalue weighted by Gasteiger charge is 2.68. The predicted octanol–water partition coefficient (Wildman–Crippen LogP) is 1.21. The number of piperidine rings is 1. The Kier molecular flexibility index (Phi) is 3.94. The smallest absolute Gasteiger partial charge is 0.224 e. The summed E-state index contributed by atoms with van der Waals surface area (Å²) in [7, 11) is 0. The second-order valence-corrected chi connectivity index (χ2v) is 7.29. The Morgan fingerprint density at radius 3 is 2.16 bits per heavy atom. The third kappa shape index (κ3) is 2.65. The molecule has 1 amide bonds. The minimum absolute atomic E-state index is 0.136. The van der Waals surface area contributed by atoms with Gasteiger partial charge in [0.25, 0.3) is 0 Å². The summed E-state index contributed by atoms with van der Waals surface area (Å²) in [5.41, 5.74) is 5.84. The van der Waals surface area contributed by atoms with Crippen molar-refractivity contribution in [3.05, 3.63) is 0 Å². The van der Waals surface area contributed by atoms with Crippen molar-refractivity contribution in [3.8, 4) is 0 Å². The van der Waals surface area contributed by atoms with E-state index in [-0.39, 0.29) is 22.7 Å². The Hall–Kier alpha value is -0.610. The fraction of sp³-hybridized carbons (Fsp3) is 0.933. The van der Waals surface area contributed by atoms with Gasteiger partial charge in [0.05, 0.1) is 0 Å². The van der Waals surface area contributed by atoms with Crippen LogP contribution >= 0.6 is 0 Å². The molecule has 0 aromatic rings. The molecule has 1 saturated heterocycles. The Morgan fingerprint density at radius 1 is 1.21 bits per heavy atom. The fourth-order valence-electron chi connectivity index (χ4n) is 3.62. The zero-order valence-electron chi connectivity index (χ0n) is 12.8. The lowest BCUT2D eigenvalue weighted by Crippen LogP contribution is -2.46. The van der Waals surface area contributed by atoms with Crippen LogP contribution in [0.15, 0.2) is 0 Å². The summed E-state index contributed by atoms with van der Waals surface area (Å²) in [4.78, 5) is 14.7. The maximum Gasteiger partial charge on any atom is 0.224 e. The Bertz CT molecular complexity index is 329. The lowest BCUT2D eigenvalue weighted by atomic mass is 10.0. The van der Waals surface area contributed by atoms with E-state index in [0.717, 1.165) is 39.0 Å². The normalized spacial score (nSPS) is 27.2. The van der Waals surface area contributed by atoms with Crippen molar-refractivity contribution in [2.45, 2.75) is 46.6 Å². The van der Waals surface area contributed by atoms with Gasteiger partial charge in [-0.15, -0.1) is 0 Å². The van der Waals surface area contributed by atoms with Gasteiger partial charge in [0.15, 0.2) is 0 Å². The number of nitrogens with zero attached hydrogens (tertiary/aromatic N) is 1. The summed E-state index contributed by atoms with van der Waals surface area (Å²) in [5.74, 6) is 0.425. The van der Waals surface area contributed by atoms with Crippen LogP contribution < -0.4 is 11.1 Å². The van der Waals surface area contributed by atoms with Gasteiger partial charge in [-0.3, -0.25) is 4.79 Å². The van der Waals surface area contributed by atoms with E-state index < -0.39 is 0 Å². The minimum Gasteiger partial charge on any atom is -0.353 e. The minimum atomic E-state index is 0.136. The summed E-state index contributed by atoms with van der Waals surface area (Å²) in [5, 5.41) is 3.26. The molecule has 2 fully saturated rings. The second kappa shape index (κ2) is 5.06. The number of likely N-dealkylation sites (tertiary alicyclic amines) is 1. The van der Waals surface area contributed by atoms with E-state index in [4.69, 9.17) is 5.73 Å². The first-order valence-electron chi connectivity index (χ1n) is 7.53. The molecule has 2 rings (SSSR count). The lowest BCUT2D eigenvalue weighted by molar-refractivity contribution is -0.124. The van der Waals surface area contributed by atoms with E-state index in [1.807, 2.05) is 0 Å². The van der Waals surface area contributed by atoms with Crippen molar-refractivity contribution in [2.24, 2.45) is 22.5 Å². The SMILES string of the molecule is CC1(C)C(C(=O)NC2CCN(CCN)CC2)C1(C)C. The van der Waals surface area contributed by atoms with Crippen LogP contribution in [0.4, 0.5) is 0 Å². The molecule has 3 N–H and O–H groups in total. The van der Waals surface area contributed by atoms with Crippen LogP contribution in [-0.2, 0) is 4.79 Å². The van der Waals surface area contributed by atoms with Gasteiger partial charge >= 0.3 is 0 Å². The van der Waals surface area contributed by atoms with Crippen LogP contribution in [0.5, 0.6) is 0 Å². The number of carbonyl (C=O) groups is 1. The number of hydrogen-bond acceptors (Lipinski definition) is 3. The van der Waals surface area contributed by atoms with Crippen molar-refractivity contribution < 1.29 is 4.79 Å². The molecule has 0 spiro atoms. The van der Waals surface area contributed by atoms with Gasteiger partial charge in [-0.05, 0) is 23.7 Å². The predicted molar refractivity (Wildman–Crippen MR) is 77.7 cm³/mol. The van der Waals surface area contributed by atoms with E-state index in [9.17, 15) is 4.79 Å². The van der Waals surface area contributed by atoms with Crippen LogP contribution in [0, 0.1) is 16.7 Å². The molecule has 1 heterocycles. The molecule has 1 saturated carbocycles. The standard InChI is InChI=1S/C15H29N3O/c1-14(2)12(15(14,3)4)13(19)17-11-5-8-18(9-6-11)10-7-16/h11-12H,5-10,16H2,1-4H3,(H,17,19). The van der Waals surface area contributed by atoms with Gasteiger partial charge < -0.3 is 16.0 Å². The molecule has 0 bridgehead atoms. The average Bonchev–Trinajstić information content (AvgIpc) is 2.72. The van der Waals surface area contributed by atoms with Crippen molar-refractivity contribution in [3.63, 3.8) is 0 Å². The molecule has 110 valence electrons. The average molecular weight is 267 g/mol. The molecule has 0 radical (unpaired) electrons. The van der Waals surface area contributed by atoms with E-state index in [0.29, 0.717) is 6.04 Å².